The summed E-state index contributed by atoms with van der Waals surface area (Å²) in [7, 11) is 0. The van der Waals surface area contributed by atoms with E-state index in [-0.39, 0.29) is 17.7 Å². The van der Waals surface area contributed by atoms with E-state index in [2.05, 4.69) is 19.2 Å². The Morgan fingerprint density at radius 3 is 2.77 bits per heavy atom. The first-order chi connectivity index (χ1) is 12.6. The van der Waals surface area contributed by atoms with Gasteiger partial charge in [0.2, 0.25) is 5.91 Å². The van der Waals surface area contributed by atoms with Gasteiger partial charge < -0.3 is 10.2 Å². The zero-order valence-corrected chi connectivity index (χ0v) is 16.3. The molecular weight excluding hydrogens is 344 g/mol. The Morgan fingerprint density at radius 2 is 2.04 bits per heavy atom. The summed E-state index contributed by atoms with van der Waals surface area (Å²) in [5.74, 6) is -0.0792. The number of anilines is 1. The van der Waals surface area contributed by atoms with Gasteiger partial charge >= 0.3 is 0 Å². The molecule has 1 atom stereocenters. The zero-order valence-electron chi connectivity index (χ0n) is 15.5. The molecule has 138 valence electrons. The monoisotopic (exact) mass is 370 g/mol. The molecule has 2 aromatic rings. The molecule has 3 rings (SSSR count). The van der Waals surface area contributed by atoms with E-state index in [1.54, 1.807) is 11.3 Å². The molecule has 1 saturated heterocycles. The van der Waals surface area contributed by atoms with Gasteiger partial charge in [0.05, 0.1) is 10.8 Å². The van der Waals surface area contributed by atoms with Crippen LogP contribution in [0.25, 0.3) is 0 Å². The van der Waals surface area contributed by atoms with Crippen LogP contribution in [0.1, 0.15) is 46.3 Å². The fourth-order valence-electron chi connectivity index (χ4n) is 3.44. The van der Waals surface area contributed by atoms with Gasteiger partial charge in [-0.15, -0.1) is 11.3 Å². The second kappa shape index (κ2) is 8.49. The third-order valence-electron chi connectivity index (χ3n) is 4.87. The number of aryl methyl sites for hydroxylation is 2. The summed E-state index contributed by atoms with van der Waals surface area (Å²) in [6.07, 6.45) is 3.78. The highest BCUT2D eigenvalue weighted by Crippen LogP contribution is 2.26. The Labute approximate surface area is 159 Å². The van der Waals surface area contributed by atoms with Crippen LogP contribution in [0, 0.1) is 12.8 Å². The maximum absolute atomic E-state index is 12.9. The number of para-hydroxylation sites is 1. The minimum absolute atomic E-state index is 0.00253. The molecule has 1 aromatic carbocycles. The van der Waals surface area contributed by atoms with Gasteiger partial charge in [0.25, 0.3) is 5.91 Å². The molecule has 1 fully saturated rings. The lowest BCUT2D eigenvalue weighted by atomic mass is 9.96. The highest BCUT2D eigenvalue weighted by Gasteiger charge is 2.29. The molecule has 1 aliphatic rings. The van der Waals surface area contributed by atoms with Crippen molar-refractivity contribution in [2.45, 2.75) is 39.5 Å². The summed E-state index contributed by atoms with van der Waals surface area (Å²) in [5.41, 5.74) is 2.08. The number of hydrogen-bond donors (Lipinski definition) is 1. The number of carbonyl (C=O) groups is 2. The minimum atomic E-state index is -0.149. The van der Waals surface area contributed by atoms with Gasteiger partial charge in [-0.2, -0.15) is 0 Å². The summed E-state index contributed by atoms with van der Waals surface area (Å²) in [6, 6.07) is 11.5. The highest BCUT2D eigenvalue weighted by atomic mass is 32.1. The molecule has 2 amide bonds. The molecule has 0 aliphatic carbocycles. The largest absolute Gasteiger partial charge is 0.337 e. The van der Waals surface area contributed by atoms with Crippen LogP contribution in [-0.4, -0.2) is 29.8 Å². The second-order valence-corrected chi connectivity index (χ2v) is 8.14. The number of hydrogen-bond acceptors (Lipinski definition) is 3. The van der Waals surface area contributed by atoms with Crippen molar-refractivity contribution < 1.29 is 9.59 Å². The molecule has 4 nitrogen and oxygen atoms in total. The Bertz CT molecular complexity index is 770. The molecule has 5 heteroatoms. The first-order valence-corrected chi connectivity index (χ1v) is 10.1. The van der Waals surface area contributed by atoms with Crippen molar-refractivity contribution in [2.24, 2.45) is 5.92 Å². The number of benzene rings is 1. The van der Waals surface area contributed by atoms with Crippen LogP contribution in [0.2, 0.25) is 0 Å². The van der Waals surface area contributed by atoms with Crippen LogP contribution in [0.15, 0.2) is 36.4 Å². The van der Waals surface area contributed by atoms with Crippen molar-refractivity contribution in [3.8, 4) is 0 Å². The standard InChI is InChI=1S/C21H26N2O2S/c1-3-8-16-13-19(26-15(16)2)21(25)23-12-7-9-17(14-23)20(24)22-18-10-5-4-6-11-18/h4-6,10-11,13,17H,3,7-9,12,14H2,1-2H3,(H,22,24). The number of likely N-dealkylation sites (tertiary alicyclic amines) is 1. The smallest absolute Gasteiger partial charge is 0.263 e. The van der Waals surface area contributed by atoms with Crippen molar-refractivity contribution >= 4 is 28.8 Å². The molecule has 1 N–H and O–H groups in total. The van der Waals surface area contributed by atoms with Crippen molar-refractivity contribution in [1.29, 1.82) is 0 Å². The second-order valence-electron chi connectivity index (χ2n) is 6.89. The van der Waals surface area contributed by atoms with Crippen LogP contribution in [0.4, 0.5) is 5.69 Å². The van der Waals surface area contributed by atoms with Gasteiger partial charge in [-0.05, 0) is 49.9 Å². The Hall–Kier alpha value is -2.14. The van der Waals surface area contributed by atoms with Crippen LogP contribution in [0.5, 0.6) is 0 Å². The highest BCUT2D eigenvalue weighted by molar-refractivity contribution is 7.14. The lowest BCUT2D eigenvalue weighted by Gasteiger charge is -2.31. The summed E-state index contributed by atoms with van der Waals surface area (Å²) in [6.45, 7) is 5.46. The minimum Gasteiger partial charge on any atom is -0.337 e. The van der Waals surface area contributed by atoms with Gasteiger partial charge in [0.1, 0.15) is 0 Å². The van der Waals surface area contributed by atoms with E-state index >= 15 is 0 Å². The summed E-state index contributed by atoms with van der Waals surface area (Å²) < 4.78 is 0. The number of rotatable bonds is 5. The SMILES string of the molecule is CCCc1cc(C(=O)N2CCCC(C(=O)Nc3ccccc3)C2)sc1C. The van der Waals surface area contributed by atoms with Crippen LogP contribution in [0.3, 0.4) is 0 Å². The normalized spacial score (nSPS) is 17.2. The van der Waals surface area contributed by atoms with Crippen LogP contribution < -0.4 is 5.32 Å². The van der Waals surface area contributed by atoms with Crippen molar-refractivity contribution in [1.82, 2.24) is 4.90 Å². The predicted octanol–water partition coefficient (Wildman–Crippen LogP) is 4.50. The number of nitrogens with one attached hydrogen (secondary N) is 1. The summed E-state index contributed by atoms with van der Waals surface area (Å²) in [4.78, 5) is 29.3. The molecule has 1 unspecified atom stereocenters. The molecular formula is C21H26N2O2S. The lowest BCUT2D eigenvalue weighted by Crippen LogP contribution is -2.43. The van der Waals surface area contributed by atoms with Crippen LogP contribution >= 0.6 is 11.3 Å². The molecule has 0 bridgehead atoms. The number of amides is 2. The van der Waals surface area contributed by atoms with Gasteiger partial charge in [0, 0.05) is 23.7 Å². The van der Waals surface area contributed by atoms with E-state index in [0.29, 0.717) is 6.54 Å². The van der Waals surface area contributed by atoms with E-state index in [0.717, 1.165) is 42.8 Å². The van der Waals surface area contributed by atoms with E-state index < -0.39 is 0 Å². The van der Waals surface area contributed by atoms with Crippen LogP contribution in [-0.2, 0) is 11.2 Å². The predicted molar refractivity (Wildman–Crippen MR) is 107 cm³/mol. The molecule has 1 aliphatic heterocycles. The van der Waals surface area contributed by atoms with Crippen molar-refractivity contribution in [3.63, 3.8) is 0 Å². The van der Waals surface area contributed by atoms with E-state index in [1.165, 1.54) is 10.4 Å². The molecule has 26 heavy (non-hydrogen) atoms. The fraction of sp³-hybridized carbons (Fsp3) is 0.429. The number of thiophene rings is 1. The number of nitrogens with zero attached hydrogens (tertiary/aromatic N) is 1. The fourth-order valence-corrected chi connectivity index (χ4v) is 4.48. The average Bonchev–Trinajstić information content (AvgIpc) is 3.03. The third kappa shape index (κ3) is 4.33. The quantitative estimate of drug-likeness (QED) is 0.842. The van der Waals surface area contributed by atoms with E-state index in [1.807, 2.05) is 41.3 Å². The zero-order chi connectivity index (χ0) is 18.5. The molecule has 2 heterocycles. The van der Waals surface area contributed by atoms with Gasteiger partial charge in [-0.1, -0.05) is 31.5 Å². The molecule has 1 aromatic heterocycles. The maximum Gasteiger partial charge on any atom is 0.263 e. The van der Waals surface area contributed by atoms with Gasteiger partial charge in [-0.25, -0.2) is 0 Å². The third-order valence-corrected chi connectivity index (χ3v) is 5.95. The molecule has 0 spiro atoms. The molecule has 0 radical (unpaired) electrons. The summed E-state index contributed by atoms with van der Waals surface area (Å²) in [5, 5.41) is 2.97. The summed E-state index contributed by atoms with van der Waals surface area (Å²) >= 11 is 1.58. The number of piperidine rings is 1. The Kier molecular flexibility index (Phi) is 6.09. The van der Waals surface area contributed by atoms with Gasteiger partial charge in [-0.3, -0.25) is 9.59 Å². The maximum atomic E-state index is 12.9. The number of carbonyl (C=O) groups excluding carboxylic acids is 2. The first-order valence-electron chi connectivity index (χ1n) is 9.33. The Morgan fingerprint density at radius 1 is 1.27 bits per heavy atom. The molecule has 0 saturated carbocycles. The van der Waals surface area contributed by atoms with E-state index in [9.17, 15) is 9.59 Å². The van der Waals surface area contributed by atoms with Gasteiger partial charge in [0.15, 0.2) is 0 Å². The first kappa shape index (κ1) is 18.6. The topological polar surface area (TPSA) is 49.4 Å². The Balaban J connectivity index is 1.65. The van der Waals surface area contributed by atoms with Crippen molar-refractivity contribution in [2.75, 3.05) is 18.4 Å². The average molecular weight is 371 g/mol. The van der Waals surface area contributed by atoms with E-state index in [4.69, 9.17) is 0 Å². The lowest BCUT2D eigenvalue weighted by molar-refractivity contribution is -0.121. The van der Waals surface area contributed by atoms with Crippen molar-refractivity contribution in [3.05, 3.63) is 51.7 Å².